The molecule has 4 amide bonds. The maximum absolute atomic E-state index is 13.5. The second-order valence-corrected chi connectivity index (χ2v) is 11.0. The first-order valence-corrected chi connectivity index (χ1v) is 14.1. The number of rotatable bonds is 15. The van der Waals surface area contributed by atoms with Crippen molar-refractivity contribution in [2.45, 2.75) is 78.4 Å². The van der Waals surface area contributed by atoms with Gasteiger partial charge in [-0.15, -0.1) is 0 Å². The molecule has 1 fully saturated rings. The number of ether oxygens (including phenoxy) is 1. The van der Waals surface area contributed by atoms with E-state index in [1.807, 2.05) is 27.7 Å². The van der Waals surface area contributed by atoms with Gasteiger partial charge in [0.25, 0.3) is 5.91 Å². The maximum atomic E-state index is 13.5. The van der Waals surface area contributed by atoms with Crippen LogP contribution in [0.3, 0.4) is 0 Å². The molecule has 1 heterocycles. The van der Waals surface area contributed by atoms with Gasteiger partial charge in [-0.1, -0.05) is 52.0 Å². The molecule has 0 saturated carbocycles. The first-order chi connectivity index (χ1) is 19.0. The Kier molecular flexibility index (Phi) is 13.4. The molecule has 1 aliphatic heterocycles. The second kappa shape index (κ2) is 16.4. The topological polar surface area (TPSA) is 143 Å². The fourth-order valence-corrected chi connectivity index (χ4v) is 4.54. The van der Waals surface area contributed by atoms with Crippen molar-refractivity contribution in [1.29, 1.82) is 0 Å². The third kappa shape index (κ3) is 11.2. The Bertz CT molecular complexity index is 1040. The number of carbonyl (C=O) groups excluding carboxylic acids is 5. The minimum Gasteiger partial charge on any atom is -0.463 e. The monoisotopic (exact) mass is 556 g/mol. The molecule has 0 spiro atoms. The van der Waals surface area contributed by atoms with Crippen molar-refractivity contribution in [2.24, 2.45) is 17.8 Å². The number of amides is 4. The van der Waals surface area contributed by atoms with Gasteiger partial charge >= 0.3 is 5.97 Å². The van der Waals surface area contributed by atoms with Crippen LogP contribution >= 0.6 is 0 Å². The molecule has 4 N–H and O–H groups in total. The summed E-state index contributed by atoms with van der Waals surface area (Å²) in [6.07, 6.45) is 4.45. The zero-order valence-corrected chi connectivity index (χ0v) is 24.2. The van der Waals surface area contributed by atoms with E-state index in [-0.39, 0.29) is 36.2 Å². The van der Waals surface area contributed by atoms with Gasteiger partial charge in [0, 0.05) is 30.1 Å². The first-order valence-electron chi connectivity index (χ1n) is 14.1. The number of hydrogen-bond donors (Lipinski definition) is 4. The summed E-state index contributed by atoms with van der Waals surface area (Å²) in [5.74, 6) is -2.02. The lowest BCUT2D eigenvalue weighted by Gasteiger charge is -2.27. The van der Waals surface area contributed by atoms with Crippen LogP contribution in [-0.2, 0) is 23.9 Å². The highest BCUT2D eigenvalue weighted by atomic mass is 16.5. The number of benzene rings is 1. The van der Waals surface area contributed by atoms with Gasteiger partial charge in [0.1, 0.15) is 12.1 Å². The van der Waals surface area contributed by atoms with E-state index in [0.717, 1.165) is 0 Å². The fourth-order valence-electron chi connectivity index (χ4n) is 4.54. The average molecular weight is 557 g/mol. The fraction of sp³-hybridized carbons (Fsp3) is 0.567. The van der Waals surface area contributed by atoms with Crippen LogP contribution in [-0.4, -0.2) is 60.9 Å². The molecule has 40 heavy (non-hydrogen) atoms. The molecule has 1 saturated heterocycles. The third-order valence-corrected chi connectivity index (χ3v) is 6.49. The Morgan fingerprint density at radius 2 is 1.55 bits per heavy atom. The number of nitrogens with one attached hydrogen (secondary N) is 4. The molecule has 10 nitrogen and oxygen atoms in total. The average Bonchev–Trinajstić information content (AvgIpc) is 3.30. The van der Waals surface area contributed by atoms with Crippen molar-refractivity contribution in [3.8, 4) is 0 Å². The Hall–Kier alpha value is -3.69. The molecule has 0 bridgehead atoms. The molecule has 0 unspecified atom stereocenters. The van der Waals surface area contributed by atoms with Crippen LogP contribution in [0.15, 0.2) is 42.5 Å². The van der Waals surface area contributed by atoms with E-state index >= 15 is 0 Å². The zero-order valence-electron chi connectivity index (χ0n) is 24.2. The summed E-state index contributed by atoms with van der Waals surface area (Å²) >= 11 is 0. The summed E-state index contributed by atoms with van der Waals surface area (Å²) in [7, 11) is 0. The molecule has 1 aromatic carbocycles. The predicted molar refractivity (Wildman–Crippen MR) is 152 cm³/mol. The SMILES string of the molecule is CCOC(=O)C=C[C@H](C[C@@H]1CCNC1=O)NC(=O)[C@H](CC(C)C)NC(=O)[C@H](CC(C)C)NC(=O)c1ccccc1. The largest absolute Gasteiger partial charge is 0.463 e. The second-order valence-electron chi connectivity index (χ2n) is 11.0. The molecule has 1 aliphatic rings. The number of hydrogen-bond acceptors (Lipinski definition) is 6. The van der Waals surface area contributed by atoms with E-state index in [9.17, 15) is 24.0 Å². The van der Waals surface area contributed by atoms with Gasteiger partial charge in [0.2, 0.25) is 17.7 Å². The van der Waals surface area contributed by atoms with Crippen LogP contribution in [0.4, 0.5) is 0 Å². The molecule has 2 rings (SSSR count). The van der Waals surface area contributed by atoms with Crippen molar-refractivity contribution in [2.75, 3.05) is 13.2 Å². The van der Waals surface area contributed by atoms with Crippen LogP contribution in [0.1, 0.15) is 70.7 Å². The predicted octanol–water partition coefficient (Wildman–Crippen LogP) is 2.49. The van der Waals surface area contributed by atoms with Crippen LogP contribution in [0, 0.1) is 17.8 Å². The van der Waals surface area contributed by atoms with Gasteiger partial charge < -0.3 is 26.0 Å². The van der Waals surface area contributed by atoms with Gasteiger partial charge in [0.15, 0.2) is 0 Å². The Morgan fingerprint density at radius 3 is 2.10 bits per heavy atom. The van der Waals surface area contributed by atoms with E-state index in [1.165, 1.54) is 12.2 Å². The van der Waals surface area contributed by atoms with E-state index in [1.54, 1.807) is 37.3 Å². The summed E-state index contributed by atoms with van der Waals surface area (Å²) in [5, 5.41) is 11.3. The minimum absolute atomic E-state index is 0.0765. The maximum Gasteiger partial charge on any atom is 0.330 e. The van der Waals surface area contributed by atoms with Crippen LogP contribution in [0.5, 0.6) is 0 Å². The Labute approximate surface area is 237 Å². The van der Waals surface area contributed by atoms with Gasteiger partial charge in [-0.2, -0.15) is 0 Å². The van der Waals surface area contributed by atoms with Crippen LogP contribution in [0.25, 0.3) is 0 Å². The lowest BCUT2D eigenvalue weighted by atomic mass is 9.96. The molecule has 4 atom stereocenters. The summed E-state index contributed by atoms with van der Waals surface area (Å²) in [5.41, 5.74) is 0.438. The standard InChI is InChI=1S/C30H44N4O6/c1-6-40-26(35)13-12-23(18-22-14-15-31-27(22)36)32-29(38)24(16-19(2)3)34-30(39)25(17-20(4)5)33-28(37)21-10-8-7-9-11-21/h7-13,19-20,22-25H,6,14-18H2,1-5H3,(H,31,36)(H,32,38)(H,33,37)(H,34,39)/t22-,23+,24-,25-/m0/s1. The van der Waals surface area contributed by atoms with Crippen molar-refractivity contribution in [1.82, 2.24) is 21.3 Å². The van der Waals surface area contributed by atoms with Crippen LogP contribution in [0.2, 0.25) is 0 Å². The summed E-state index contributed by atoms with van der Waals surface area (Å²) in [6.45, 7) is 10.3. The molecule has 0 aromatic heterocycles. The molecular formula is C30H44N4O6. The highest BCUT2D eigenvalue weighted by molar-refractivity contribution is 5.98. The van der Waals surface area contributed by atoms with E-state index in [4.69, 9.17) is 4.74 Å². The zero-order chi connectivity index (χ0) is 29.7. The van der Waals surface area contributed by atoms with Crippen molar-refractivity contribution in [3.63, 3.8) is 0 Å². The molecule has 220 valence electrons. The molecular weight excluding hydrogens is 512 g/mol. The molecule has 0 aliphatic carbocycles. The number of esters is 1. The van der Waals surface area contributed by atoms with Gasteiger partial charge in [0.05, 0.1) is 6.61 Å². The van der Waals surface area contributed by atoms with Gasteiger partial charge in [-0.25, -0.2) is 4.79 Å². The molecule has 0 radical (unpaired) electrons. The quantitative estimate of drug-likeness (QED) is 0.193. The third-order valence-electron chi connectivity index (χ3n) is 6.49. The van der Waals surface area contributed by atoms with Crippen molar-refractivity contribution >= 4 is 29.6 Å². The minimum atomic E-state index is -0.883. The highest BCUT2D eigenvalue weighted by Crippen LogP contribution is 2.18. The van der Waals surface area contributed by atoms with Gasteiger partial charge in [-0.3, -0.25) is 19.2 Å². The van der Waals surface area contributed by atoms with E-state index < -0.39 is 35.9 Å². The lowest BCUT2D eigenvalue weighted by molar-refractivity contribution is -0.137. The van der Waals surface area contributed by atoms with Crippen LogP contribution < -0.4 is 21.3 Å². The summed E-state index contributed by atoms with van der Waals surface area (Å²) in [6, 6.07) is 6.30. The van der Waals surface area contributed by atoms with E-state index in [2.05, 4.69) is 21.3 Å². The highest BCUT2D eigenvalue weighted by Gasteiger charge is 2.31. The molecule has 10 heteroatoms. The Morgan fingerprint density at radius 1 is 0.950 bits per heavy atom. The summed E-state index contributed by atoms with van der Waals surface area (Å²) in [4.78, 5) is 63.8. The van der Waals surface area contributed by atoms with Crippen molar-refractivity contribution < 1.29 is 28.7 Å². The lowest BCUT2D eigenvalue weighted by Crippen LogP contribution is -2.55. The first kappa shape index (κ1) is 32.5. The van der Waals surface area contributed by atoms with Gasteiger partial charge in [-0.05, 0) is 56.6 Å². The Balaban J connectivity index is 2.19. The molecule has 1 aromatic rings. The summed E-state index contributed by atoms with van der Waals surface area (Å²) < 4.78 is 4.95. The normalized spacial score (nSPS) is 17.3. The van der Waals surface area contributed by atoms with E-state index in [0.29, 0.717) is 37.8 Å². The number of carbonyl (C=O) groups is 5. The van der Waals surface area contributed by atoms with Crippen molar-refractivity contribution in [3.05, 3.63) is 48.0 Å². The smallest absolute Gasteiger partial charge is 0.330 e.